The summed E-state index contributed by atoms with van der Waals surface area (Å²) in [6.07, 6.45) is 2.45. The molecule has 0 saturated carbocycles. The summed E-state index contributed by atoms with van der Waals surface area (Å²) in [7, 11) is 0. The van der Waals surface area contributed by atoms with Gasteiger partial charge in [-0.3, -0.25) is 0 Å². The molecule has 0 aromatic rings. The maximum absolute atomic E-state index is 5.38. The van der Waals surface area contributed by atoms with Gasteiger partial charge < -0.3 is 9.47 Å². The van der Waals surface area contributed by atoms with Gasteiger partial charge in [-0.2, -0.15) is 0 Å². The fourth-order valence-electron chi connectivity index (χ4n) is 2.12. The van der Waals surface area contributed by atoms with Crippen LogP contribution in [0.4, 0.5) is 0 Å². The van der Waals surface area contributed by atoms with Crippen LogP contribution in [0.25, 0.3) is 0 Å². The lowest BCUT2D eigenvalue weighted by molar-refractivity contribution is 0.174. The van der Waals surface area contributed by atoms with Gasteiger partial charge in [0.2, 0.25) is 0 Å². The first-order valence-corrected chi connectivity index (χ1v) is 4.87. The van der Waals surface area contributed by atoms with Crippen molar-refractivity contribution in [2.24, 2.45) is 11.8 Å². The molecule has 2 fully saturated rings. The molecule has 2 aliphatic heterocycles. The van der Waals surface area contributed by atoms with Crippen LogP contribution in [0, 0.1) is 17.8 Å². The van der Waals surface area contributed by atoms with Crippen LogP contribution in [0.5, 0.6) is 0 Å². The van der Waals surface area contributed by atoms with Crippen LogP contribution in [-0.2, 0) is 9.47 Å². The lowest BCUT2D eigenvalue weighted by Crippen LogP contribution is -2.19. The second-order valence-corrected chi connectivity index (χ2v) is 3.87. The fraction of sp³-hybridized carbons (Fsp3) is 0.900. The average molecular weight is 169 g/mol. The predicted octanol–water partition coefficient (Wildman–Crippen LogP) is 1.65. The molecule has 0 N–H and O–H groups in total. The molecule has 0 aliphatic carbocycles. The van der Waals surface area contributed by atoms with Gasteiger partial charge >= 0.3 is 0 Å². The van der Waals surface area contributed by atoms with Gasteiger partial charge in [0, 0.05) is 13.2 Å². The van der Waals surface area contributed by atoms with Crippen molar-refractivity contribution >= 4 is 0 Å². The highest BCUT2D eigenvalue weighted by atomic mass is 16.5. The molecule has 0 amide bonds. The van der Waals surface area contributed by atoms with Crippen LogP contribution in [0.15, 0.2) is 0 Å². The third-order valence-corrected chi connectivity index (χ3v) is 3.15. The number of ether oxygens (including phenoxy) is 2. The first-order valence-electron chi connectivity index (χ1n) is 4.87. The molecule has 0 spiro atoms. The third-order valence-electron chi connectivity index (χ3n) is 3.15. The lowest BCUT2D eigenvalue weighted by Gasteiger charge is -2.21. The molecule has 12 heavy (non-hydrogen) atoms. The summed E-state index contributed by atoms with van der Waals surface area (Å²) in [4.78, 5) is 0. The van der Waals surface area contributed by atoms with Crippen LogP contribution < -0.4 is 0 Å². The van der Waals surface area contributed by atoms with Gasteiger partial charge in [0.05, 0.1) is 13.2 Å². The molecule has 2 heterocycles. The monoisotopic (exact) mass is 169 g/mol. The van der Waals surface area contributed by atoms with Gasteiger partial charge in [-0.25, -0.2) is 0 Å². The number of rotatable bonds is 2. The second kappa shape index (κ2) is 3.75. The molecule has 2 nitrogen and oxygen atoms in total. The quantitative estimate of drug-likeness (QED) is 0.626. The highest BCUT2D eigenvalue weighted by Gasteiger charge is 2.31. The SMILES string of the molecule is C[C](C1CCOC1)C1CCOC1. The zero-order valence-corrected chi connectivity index (χ0v) is 7.71. The van der Waals surface area contributed by atoms with E-state index in [4.69, 9.17) is 9.47 Å². The van der Waals surface area contributed by atoms with Crippen molar-refractivity contribution in [1.82, 2.24) is 0 Å². The molecule has 0 bridgehead atoms. The van der Waals surface area contributed by atoms with Gasteiger partial charge in [-0.1, -0.05) is 6.92 Å². The first kappa shape index (κ1) is 8.52. The second-order valence-electron chi connectivity index (χ2n) is 3.87. The van der Waals surface area contributed by atoms with E-state index in [1.54, 1.807) is 5.92 Å². The van der Waals surface area contributed by atoms with E-state index in [1.807, 2.05) is 0 Å². The van der Waals surface area contributed by atoms with Crippen LogP contribution in [0.3, 0.4) is 0 Å². The van der Waals surface area contributed by atoms with Crippen LogP contribution in [0.1, 0.15) is 19.8 Å². The van der Waals surface area contributed by atoms with E-state index in [-0.39, 0.29) is 0 Å². The minimum Gasteiger partial charge on any atom is -0.381 e. The van der Waals surface area contributed by atoms with Crippen molar-refractivity contribution < 1.29 is 9.47 Å². The van der Waals surface area contributed by atoms with Crippen molar-refractivity contribution in [2.45, 2.75) is 19.8 Å². The average Bonchev–Trinajstić information content (AvgIpc) is 2.77. The van der Waals surface area contributed by atoms with Gasteiger partial charge in [0.15, 0.2) is 0 Å². The molecule has 2 aliphatic rings. The highest BCUT2D eigenvalue weighted by molar-refractivity contribution is 5.00. The Kier molecular flexibility index (Phi) is 2.66. The molecular weight excluding hydrogens is 152 g/mol. The van der Waals surface area contributed by atoms with E-state index in [9.17, 15) is 0 Å². The van der Waals surface area contributed by atoms with Crippen LogP contribution >= 0.6 is 0 Å². The Morgan fingerprint density at radius 1 is 1.00 bits per heavy atom. The lowest BCUT2D eigenvalue weighted by atomic mass is 9.82. The molecular formula is C10H17O2. The Bertz CT molecular complexity index is 119. The molecule has 1 radical (unpaired) electrons. The van der Waals surface area contributed by atoms with E-state index >= 15 is 0 Å². The maximum Gasteiger partial charge on any atom is 0.0500 e. The highest BCUT2D eigenvalue weighted by Crippen LogP contribution is 2.33. The van der Waals surface area contributed by atoms with Crippen molar-refractivity contribution in [1.29, 1.82) is 0 Å². The largest absolute Gasteiger partial charge is 0.381 e. The predicted molar refractivity (Wildman–Crippen MR) is 46.8 cm³/mol. The number of hydrogen-bond donors (Lipinski definition) is 0. The van der Waals surface area contributed by atoms with Crippen molar-refractivity contribution in [3.05, 3.63) is 5.92 Å². The van der Waals surface area contributed by atoms with E-state index in [0.29, 0.717) is 0 Å². The summed E-state index contributed by atoms with van der Waals surface area (Å²) in [5.74, 6) is 3.05. The Morgan fingerprint density at radius 3 is 1.83 bits per heavy atom. The molecule has 2 atom stereocenters. The van der Waals surface area contributed by atoms with Crippen molar-refractivity contribution in [3.63, 3.8) is 0 Å². The maximum atomic E-state index is 5.38. The summed E-state index contributed by atoms with van der Waals surface area (Å²) < 4.78 is 10.8. The molecule has 2 unspecified atom stereocenters. The third kappa shape index (κ3) is 1.64. The summed E-state index contributed by atoms with van der Waals surface area (Å²) in [5.41, 5.74) is 0. The minimum absolute atomic E-state index is 0.719. The van der Waals surface area contributed by atoms with E-state index in [2.05, 4.69) is 6.92 Å². The van der Waals surface area contributed by atoms with E-state index in [1.165, 1.54) is 12.8 Å². The normalized spacial score (nSPS) is 36.5. The fourth-order valence-corrected chi connectivity index (χ4v) is 2.12. The number of hydrogen-bond acceptors (Lipinski definition) is 2. The van der Waals surface area contributed by atoms with E-state index < -0.39 is 0 Å². The molecule has 2 heteroatoms. The first-order chi connectivity index (χ1) is 5.88. The topological polar surface area (TPSA) is 18.5 Å². The molecule has 0 aromatic carbocycles. The van der Waals surface area contributed by atoms with Crippen molar-refractivity contribution in [2.75, 3.05) is 26.4 Å². The molecule has 0 aromatic heterocycles. The molecule has 2 rings (SSSR count). The minimum atomic E-state index is 0.719. The summed E-state index contributed by atoms with van der Waals surface area (Å²) in [6.45, 7) is 6.08. The summed E-state index contributed by atoms with van der Waals surface area (Å²) >= 11 is 0. The molecule has 2 saturated heterocycles. The standard InChI is InChI=1S/C10H17O2/c1-8(9-2-4-11-6-9)10-3-5-12-7-10/h9-10H,2-7H2,1H3. The zero-order chi connectivity index (χ0) is 8.39. The summed E-state index contributed by atoms with van der Waals surface area (Å²) in [6, 6.07) is 0. The van der Waals surface area contributed by atoms with E-state index in [0.717, 1.165) is 38.3 Å². The van der Waals surface area contributed by atoms with Gasteiger partial charge in [0.25, 0.3) is 0 Å². The Labute approximate surface area is 74.2 Å². The van der Waals surface area contributed by atoms with Gasteiger partial charge in [-0.15, -0.1) is 0 Å². The smallest absolute Gasteiger partial charge is 0.0500 e. The zero-order valence-electron chi connectivity index (χ0n) is 7.71. The Morgan fingerprint density at radius 2 is 1.50 bits per heavy atom. The Balaban J connectivity index is 1.84. The molecule has 69 valence electrons. The summed E-state index contributed by atoms with van der Waals surface area (Å²) in [5, 5.41) is 0. The Hall–Kier alpha value is -0.0800. The van der Waals surface area contributed by atoms with Crippen molar-refractivity contribution in [3.8, 4) is 0 Å². The van der Waals surface area contributed by atoms with Crippen LogP contribution in [-0.4, -0.2) is 26.4 Å². The van der Waals surface area contributed by atoms with Crippen LogP contribution in [0.2, 0.25) is 0 Å². The van der Waals surface area contributed by atoms with Gasteiger partial charge in [0.1, 0.15) is 0 Å². The van der Waals surface area contributed by atoms with Gasteiger partial charge in [-0.05, 0) is 30.6 Å².